The van der Waals surface area contributed by atoms with E-state index in [-0.39, 0.29) is 18.0 Å². The first kappa shape index (κ1) is 29.5. The molecule has 0 spiro atoms. The maximum Gasteiger partial charge on any atom is 0.188 e. The Balaban J connectivity index is 1.34. The molecule has 0 amide bonds. The Kier molecular flexibility index (Phi) is 8.17. The molecule has 3 aliphatic heterocycles. The van der Waals surface area contributed by atoms with Crippen molar-refractivity contribution in [2.75, 3.05) is 46.3 Å². The first-order valence-corrected chi connectivity index (χ1v) is 15.0. The number of nitrogens with one attached hydrogen (secondary N) is 2. The topological polar surface area (TPSA) is 140 Å². The van der Waals surface area contributed by atoms with Gasteiger partial charge in [0.1, 0.15) is 11.6 Å². The SMILES string of the molecule is CN1CCC(n2c(-c3ccc(C4=CCN(C(=N)N)CC4)cc3F)nnc2-c2ccc(C3=CCN(C(=N)N)CC3)cc2F)CC1. The molecule has 6 N–H and O–H groups in total. The number of nitrogens with zero attached hydrogens (tertiary/aromatic N) is 6. The van der Waals surface area contributed by atoms with Gasteiger partial charge in [-0.3, -0.25) is 10.8 Å². The van der Waals surface area contributed by atoms with Crippen molar-refractivity contribution < 1.29 is 8.78 Å². The van der Waals surface area contributed by atoms with E-state index in [0.29, 0.717) is 61.8 Å². The molecule has 4 heterocycles. The molecule has 1 saturated heterocycles. The summed E-state index contributed by atoms with van der Waals surface area (Å²) in [5.74, 6) is 0.0203. The summed E-state index contributed by atoms with van der Waals surface area (Å²) in [6.45, 7) is 3.97. The summed E-state index contributed by atoms with van der Waals surface area (Å²) in [4.78, 5) is 5.78. The molecule has 230 valence electrons. The highest BCUT2D eigenvalue weighted by Crippen LogP contribution is 2.37. The van der Waals surface area contributed by atoms with Gasteiger partial charge in [-0.2, -0.15) is 0 Å². The lowest BCUT2D eigenvalue weighted by molar-refractivity contribution is 0.223. The van der Waals surface area contributed by atoms with E-state index in [0.717, 1.165) is 48.2 Å². The highest BCUT2D eigenvalue weighted by Gasteiger charge is 2.29. The Hall–Kier alpha value is -4.58. The van der Waals surface area contributed by atoms with Crippen LogP contribution in [0.1, 0.15) is 42.9 Å². The zero-order chi connectivity index (χ0) is 31.0. The smallest absolute Gasteiger partial charge is 0.188 e. The highest BCUT2D eigenvalue weighted by molar-refractivity contribution is 5.78. The summed E-state index contributed by atoms with van der Waals surface area (Å²) < 4.78 is 33.6. The van der Waals surface area contributed by atoms with Gasteiger partial charge in [-0.05, 0) is 92.4 Å². The number of nitrogens with two attached hydrogens (primary N) is 2. The van der Waals surface area contributed by atoms with Gasteiger partial charge < -0.3 is 30.7 Å². The number of halogens is 2. The number of likely N-dealkylation sites (tertiary alicyclic amines) is 1. The van der Waals surface area contributed by atoms with Crippen molar-refractivity contribution in [2.24, 2.45) is 11.5 Å². The summed E-state index contributed by atoms with van der Waals surface area (Å²) in [7, 11) is 2.08. The first-order valence-electron chi connectivity index (χ1n) is 15.0. The Morgan fingerprint density at radius 1 is 0.750 bits per heavy atom. The Bertz CT molecular complexity index is 1540. The lowest BCUT2D eigenvalue weighted by Gasteiger charge is -2.31. The number of hydrogen-bond donors (Lipinski definition) is 4. The van der Waals surface area contributed by atoms with E-state index in [2.05, 4.69) is 22.1 Å². The summed E-state index contributed by atoms with van der Waals surface area (Å²) >= 11 is 0. The molecule has 3 aliphatic rings. The molecular formula is C32H38F2N10. The summed E-state index contributed by atoms with van der Waals surface area (Å²) in [5, 5.41) is 24.2. The Morgan fingerprint density at radius 2 is 1.20 bits per heavy atom. The molecule has 1 aromatic heterocycles. The number of guanidine groups is 2. The van der Waals surface area contributed by atoms with Crippen molar-refractivity contribution in [1.82, 2.24) is 29.5 Å². The fraction of sp³-hybridized carbons (Fsp3) is 0.375. The molecule has 44 heavy (non-hydrogen) atoms. The van der Waals surface area contributed by atoms with Gasteiger partial charge in [0.15, 0.2) is 23.6 Å². The van der Waals surface area contributed by atoms with Crippen molar-refractivity contribution in [3.8, 4) is 22.8 Å². The molecule has 12 heteroatoms. The van der Waals surface area contributed by atoms with Crippen LogP contribution in [0.25, 0.3) is 33.9 Å². The fourth-order valence-electron chi connectivity index (χ4n) is 6.35. The average Bonchev–Trinajstić information content (AvgIpc) is 3.45. The van der Waals surface area contributed by atoms with E-state index in [1.807, 2.05) is 28.9 Å². The van der Waals surface area contributed by atoms with Gasteiger partial charge in [0.25, 0.3) is 0 Å². The van der Waals surface area contributed by atoms with Gasteiger partial charge in [-0.15, -0.1) is 10.2 Å². The average molecular weight is 601 g/mol. The van der Waals surface area contributed by atoms with Crippen LogP contribution in [0.2, 0.25) is 0 Å². The maximum absolute atomic E-state index is 15.8. The van der Waals surface area contributed by atoms with Crippen molar-refractivity contribution >= 4 is 23.1 Å². The second-order valence-electron chi connectivity index (χ2n) is 11.8. The summed E-state index contributed by atoms with van der Waals surface area (Å²) in [5.41, 5.74) is 15.5. The van der Waals surface area contributed by atoms with Gasteiger partial charge in [-0.25, -0.2) is 8.78 Å². The van der Waals surface area contributed by atoms with E-state index in [4.69, 9.17) is 22.3 Å². The van der Waals surface area contributed by atoms with Crippen LogP contribution < -0.4 is 11.5 Å². The third kappa shape index (κ3) is 5.81. The monoisotopic (exact) mass is 600 g/mol. The van der Waals surface area contributed by atoms with E-state index in [1.54, 1.807) is 21.9 Å². The van der Waals surface area contributed by atoms with E-state index < -0.39 is 11.6 Å². The number of rotatable bonds is 5. The van der Waals surface area contributed by atoms with E-state index in [9.17, 15) is 0 Å². The Labute approximate surface area is 255 Å². The fourth-order valence-corrected chi connectivity index (χ4v) is 6.35. The lowest BCUT2D eigenvalue weighted by atomic mass is 9.97. The molecule has 0 radical (unpaired) electrons. The second kappa shape index (κ2) is 12.2. The molecule has 3 aromatic rings. The standard InChI is InChI=1S/C32H38F2N10/c1-41-12-10-24(11-13-41)44-29(25-4-2-22(18-27(25)33)20-6-14-42(15-7-20)31(35)36)39-40-30(44)26-5-3-23(19-28(26)34)21-8-16-43(17-9-21)32(37)38/h2-6,8,18-19,24H,7,9-17H2,1H3,(H3,35,36)(H3,37,38). The predicted octanol–water partition coefficient (Wildman–Crippen LogP) is 4.12. The molecule has 6 rings (SSSR count). The van der Waals surface area contributed by atoms with Crippen LogP contribution in [0.3, 0.4) is 0 Å². The van der Waals surface area contributed by atoms with Gasteiger partial charge in [0.2, 0.25) is 0 Å². The molecule has 2 aromatic carbocycles. The molecule has 0 aliphatic carbocycles. The van der Waals surface area contributed by atoms with Crippen LogP contribution in [0.5, 0.6) is 0 Å². The van der Waals surface area contributed by atoms with E-state index in [1.165, 1.54) is 12.1 Å². The minimum atomic E-state index is -0.412. The molecule has 1 fully saturated rings. The normalized spacial score (nSPS) is 18.2. The second-order valence-corrected chi connectivity index (χ2v) is 11.8. The van der Waals surface area contributed by atoms with Gasteiger partial charge in [0.05, 0.1) is 11.1 Å². The molecule has 10 nitrogen and oxygen atoms in total. The minimum absolute atomic E-state index is 0.0124. The maximum atomic E-state index is 15.8. The van der Waals surface area contributed by atoms with Crippen molar-refractivity contribution in [3.05, 3.63) is 71.3 Å². The largest absolute Gasteiger partial charge is 0.370 e. The zero-order valence-electron chi connectivity index (χ0n) is 24.9. The number of hydrogen-bond acceptors (Lipinski definition) is 5. The third-order valence-electron chi connectivity index (χ3n) is 9.01. The third-order valence-corrected chi connectivity index (χ3v) is 9.01. The van der Waals surface area contributed by atoms with Crippen molar-refractivity contribution in [1.29, 1.82) is 10.8 Å². The van der Waals surface area contributed by atoms with Gasteiger partial charge in [-0.1, -0.05) is 24.3 Å². The molecule has 0 saturated carbocycles. The molecule has 0 atom stereocenters. The van der Waals surface area contributed by atoms with E-state index >= 15 is 8.78 Å². The number of aromatic nitrogens is 3. The van der Waals surface area contributed by atoms with Crippen LogP contribution >= 0.6 is 0 Å². The quantitative estimate of drug-likeness (QED) is 0.255. The summed E-state index contributed by atoms with van der Waals surface area (Å²) in [6.07, 6.45) is 6.91. The van der Waals surface area contributed by atoms with Crippen molar-refractivity contribution in [2.45, 2.75) is 31.7 Å². The van der Waals surface area contributed by atoms with Crippen molar-refractivity contribution in [3.63, 3.8) is 0 Å². The Morgan fingerprint density at radius 3 is 1.57 bits per heavy atom. The number of benzene rings is 2. The van der Waals surface area contributed by atoms with Gasteiger partial charge >= 0.3 is 0 Å². The molecule has 0 bridgehead atoms. The summed E-state index contributed by atoms with van der Waals surface area (Å²) in [6, 6.07) is 10.3. The minimum Gasteiger partial charge on any atom is -0.370 e. The van der Waals surface area contributed by atoms with Crippen LogP contribution in [-0.2, 0) is 0 Å². The number of piperidine rings is 1. The highest BCUT2D eigenvalue weighted by atomic mass is 19.1. The molecular weight excluding hydrogens is 562 g/mol. The zero-order valence-corrected chi connectivity index (χ0v) is 24.9. The van der Waals surface area contributed by atoms with Crippen LogP contribution in [-0.4, -0.2) is 87.7 Å². The van der Waals surface area contributed by atoms with Crippen LogP contribution in [0, 0.1) is 22.5 Å². The first-order chi connectivity index (χ1) is 21.2. The molecule has 0 unspecified atom stereocenters. The van der Waals surface area contributed by atoms with Crippen LogP contribution in [0.4, 0.5) is 8.78 Å². The predicted molar refractivity (Wildman–Crippen MR) is 169 cm³/mol. The van der Waals surface area contributed by atoms with Gasteiger partial charge in [0, 0.05) is 32.2 Å². The van der Waals surface area contributed by atoms with Crippen LogP contribution in [0.15, 0.2) is 48.6 Å². The lowest BCUT2D eigenvalue weighted by Crippen LogP contribution is -2.39.